The van der Waals surface area contributed by atoms with Gasteiger partial charge in [-0.25, -0.2) is 0 Å². The molecule has 0 unspecified atom stereocenters. The summed E-state index contributed by atoms with van der Waals surface area (Å²) in [6.45, 7) is 10.6. The van der Waals surface area contributed by atoms with Gasteiger partial charge in [0.05, 0.1) is 12.7 Å². The lowest BCUT2D eigenvalue weighted by molar-refractivity contribution is 0.0857. The van der Waals surface area contributed by atoms with Crippen LogP contribution in [0.3, 0.4) is 0 Å². The van der Waals surface area contributed by atoms with E-state index in [9.17, 15) is 4.79 Å². The van der Waals surface area contributed by atoms with Crippen molar-refractivity contribution in [3.63, 3.8) is 0 Å². The van der Waals surface area contributed by atoms with E-state index in [0.29, 0.717) is 25.3 Å². The monoisotopic (exact) mass is 411 g/mol. The first-order chi connectivity index (χ1) is 14.4. The molecule has 2 aromatic carbocycles. The van der Waals surface area contributed by atoms with Crippen LogP contribution in [0.5, 0.6) is 11.5 Å². The first kappa shape index (κ1) is 22.2. The van der Waals surface area contributed by atoms with Crippen molar-refractivity contribution in [1.82, 2.24) is 5.32 Å². The molecular formula is C25H33NO4. The van der Waals surface area contributed by atoms with Gasteiger partial charge in [0, 0.05) is 24.3 Å². The second kappa shape index (κ2) is 9.98. The van der Waals surface area contributed by atoms with Crippen LogP contribution in [0.25, 0.3) is 0 Å². The lowest BCUT2D eigenvalue weighted by Crippen LogP contribution is -2.31. The Bertz CT molecular complexity index is 850. The summed E-state index contributed by atoms with van der Waals surface area (Å²) in [5.41, 5.74) is 2.57. The maximum atomic E-state index is 12.6. The molecule has 2 aromatic rings. The number of ether oxygens (including phenoxy) is 3. The normalized spacial score (nSPS) is 16.3. The largest absolute Gasteiger partial charge is 0.493 e. The molecule has 1 atom stereocenters. The minimum atomic E-state index is -0.107. The van der Waals surface area contributed by atoms with Crippen LogP contribution in [0.1, 0.15) is 62.0 Å². The van der Waals surface area contributed by atoms with Crippen molar-refractivity contribution in [3.05, 3.63) is 59.2 Å². The predicted octanol–water partition coefficient (Wildman–Crippen LogP) is 4.87. The Morgan fingerprint density at radius 2 is 1.93 bits per heavy atom. The second-order valence-corrected chi connectivity index (χ2v) is 8.64. The lowest BCUT2D eigenvalue weighted by Gasteiger charge is -2.23. The van der Waals surface area contributed by atoms with Crippen LogP contribution < -0.4 is 14.8 Å². The molecule has 5 heteroatoms. The number of rotatable bonds is 8. The van der Waals surface area contributed by atoms with Gasteiger partial charge in [-0.1, -0.05) is 39.0 Å². The van der Waals surface area contributed by atoms with Gasteiger partial charge in [0.2, 0.25) is 0 Å². The van der Waals surface area contributed by atoms with Gasteiger partial charge in [-0.15, -0.1) is 0 Å². The third-order valence-electron chi connectivity index (χ3n) is 5.22. The summed E-state index contributed by atoms with van der Waals surface area (Å²) in [6.07, 6.45) is 2.17. The van der Waals surface area contributed by atoms with Gasteiger partial charge in [-0.2, -0.15) is 0 Å². The van der Waals surface area contributed by atoms with Gasteiger partial charge in [0.25, 0.3) is 5.91 Å². The highest BCUT2D eigenvalue weighted by atomic mass is 16.5. The fraction of sp³-hybridized carbons (Fsp3) is 0.480. The summed E-state index contributed by atoms with van der Waals surface area (Å²) in [4.78, 5) is 12.6. The Balaban J connectivity index is 1.74. The van der Waals surface area contributed by atoms with Crippen molar-refractivity contribution < 1.29 is 19.0 Å². The molecule has 0 radical (unpaired) electrons. The van der Waals surface area contributed by atoms with Crippen molar-refractivity contribution in [2.24, 2.45) is 0 Å². The summed E-state index contributed by atoms with van der Waals surface area (Å²) >= 11 is 0. The summed E-state index contributed by atoms with van der Waals surface area (Å²) in [7, 11) is 0. The predicted molar refractivity (Wildman–Crippen MR) is 118 cm³/mol. The van der Waals surface area contributed by atoms with Crippen LogP contribution in [0.2, 0.25) is 0 Å². The Morgan fingerprint density at radius 1 is 1.13 bits per heavy atom. The highest BCUT2D eigenvalue weighted by molar-refractivity contribution is 5.94. The maximum Gasteiger partial charge on any atom is 0.251 e. The quantitative estimate of drug-likeness (QED) is 0.673. The van der Waals surface area contributed by atoms with E-state index in [2.05, 4.69) is 32.2 Å². The summed E-state index contributed by atoms with van der Waals surface area (Å²) in [5.74, 6) is 1.48. The lowest BCUT2D eigenvalue weighted by atomic mass is 9.86. The first-order valence-electron chi connectivity index (χ1n) is 10.8. The molecule has 162 valence electrons. The van der Waals surface area contributed by atoms with E-state index >= 15 is 0 Å². The molecule has 3 rings (SSSR count). The highest BCUT2D eigenvalue weighted by Gasteiger charge is 2.20. The molecule has 0 bridgehead atoms. The number of hydrogen-bond donors (Lipinski definition) is 1. The number of amides is 1. The number of hydrogen-bond acceptors (Lipinski definition) is 4. The zero-order valence-electron chi connectivity index (χ0n) is 18.5. The average Bonchev–Trinajstić information content (AvgIpc) is 3.24. The van der Waals surface area contributed by atoms with Crippen molar-refractivity contribution in [2.45, 2.75) is 58.7 Å². The number of carbonyl (C=O) groups is 1. The molecule has 1 fully saturated rings. The fourth-order valence-electron chi connectivity index (χ4n) is 3.61. The highest BCUT2D eigenvalue weighted by Crippen LogP contribution is 2.32. The van der Waals surface area contributed by atoms with E-state index in [4.69, 9.17) is 14.2 Å². The molecule has 1 aliphatic heterocycles. The molecule has 1 N–H and O–H groups in total. The minimum Gasteiger partial charge on any atom is -0.493 e. The summed E-state index contributed by atoms with van der Waals surface area (Å²) in [6, 6.07) is 13.6. The summed E-state index contributed by atoms with van der Waals surface area (Å²) in [5, 5.41) is 2.98. The van der Waals surface area contributed by atoms with Crippen molar-refractivity contribution in [1.29, 1.82) is 0 Å². The van der Waals surface area contributed by atoms with Crippen LogP contribution in [-0.4, -0.2) is 31.8 Å². The third-order valence-corrected chi connectivity index (χ3v) is 5.22. The van der Waals surface area contributed by atoms with Gasteiger partial charge < -0.3 is 19.5 Å². The Morgan fingerprint density at radius 3 is 2.63 bits per heavy atom. The first-order valence-corrected chi connectivity index (χ1v) is 10.8. The van der Waals surface area contributed by atoms with Gasteiger partial charge in [0.1, 0.15) is 18.1 Å². The average molecular weight is 412 g/mol. The molecule has 5 nitrogen and oxygen atoms in total. The number of benzene rings is 2. The van der Waals surface area contributed by atoms with Gasteiger partial charge in [-0.05, 0) is 55.0 Å². The Labute approximate surface area is 179 Å². The Hall–Kier alpha value is -2.53. The number of carbonyl (C=O) groups excluding carboxylic acids is 1. The summed E-state index contributed by atoms with van der Waals surface area (Å²) < 4.78 is 17.5. The van der Waals surface area contributed by atoms with Crippen molar-refractivity contribution in [2.75, 3.05) is 19.8 Å². The molecule has 0 aliphatic carbocycles. The minimum absolute atomic E-state index is 0.0244. The van der Waals surface area contributed by atoms with Gasteiger partial charge >= 0.3 is 0 Å². The zero-order valence-corrected chi connectivity index (χ0v) is 18.5. The molecular weight excluding hydrogens is 378 g/mol. The molecule has 0 spiro atoms. The van der Waals surface area contributed by atoms with E-state index in [1.54, 1.807) is 6.07 Å². The van der Waals surface area contributed by atoms with Gasteiger partial charge in [-0.3, -0.25) is 4.79 Å². The molecule has 1 amide bonds. The van der Waals surface area contributed by atoms with E-state index in [-0.39, 0.29) is 17.4 Å². The molecule has 0 aromatic heterocycles. The molecule has 1 aliphatic rings. The van der Waals surface area contributed by atoms with Crippen molar-refractivity contribution in [3.8, 4) is 11.5 Å². The van der Waals surface area contributed by atoms with Crippen LogP contribution in [0, 0.1) is 0 Å². The maximum absolute atomic E-state index is 12.6. The van der Waals surface area contributed by atoms with E-state index < -0.39 is 0 Å². The number of nitrogens with one attached hydrogen (secondary N) is 1. The second-order valence-electron chi connectivity index (χ2n) is 8.64. The van der Waals surface area contributed by atoms with Gasteiger partial charge in [0.15, 0.2) is 0 Å². The standard InChI is InChI=1S/C25H33NO4/c1-5-28-22-13-12-18(24(27)26-16-20-9-8-14-29-20)15-19(22)17-30-23-11-7-6-10-21(23)25(2,3)4/h6-7,10-13,15,20H,5,8-9,14,16-17H2,1-4H3,(H,26,27)/t20-/m0/s1. The van der Waals surface area contributed by atoms with Crippen molar-refractivity contribution >= 4 is 5.91 Å². The van der Waals surface area contributed by atoms with Crippen LogP contribution in [0.4, 0.5) is 0 Å². The van der Waals surface area contributed by atoms with Crippen LogP contribution in [-0.2, 0) is 16.8 Å². The zero-order chi connectivity index (χ0) is 21.6. The Kier molecular flexibility index (Phi) is 7.38. The molecule has 0 saturated carbocycles. The van der Waals surface area contributed by atoms with E-state index in [1.807, 2.05) is 37.3 Å². The third kappa shape index (κ3) is 5.76. The van der Waals surface area contributed by atoms with Crippen LogP contribution >= 0.6 is 0 Å². The SMILES string of the molecule is CCOc1ccc(C(=O)NC[C@@H]2CCCO2)cc1COc1ccccc1C(C)(C)C. The number of para-hydroxylation sites is 1. The molecule has 1 saturated heterocycles. The molecule has 1 heterocycles. The fourth-order valence-corrected chi connectivity index (χ4v) is 3.61. The van der Waals surface area contributed by atoms with E-state index in [1.165, 1.54) is 0 Å². The van der Waals surface area contributed by atoms with E-state index in [0.717, 1.165) is 42.1 Å². The van der Waals surface area contributed by atoms with Crippen LogP contribution in [0.15, 0.2) is 42.5 Å². The smallest absolute Gasteiger partial charge is 0.251 e. The topological polar surface area (TPSA) is 56.8 Å². The molecule has 30 heavy (non-hydrogen) atoms.